The molecule has 19 atom stereocenters. The maximum absolute atomic E-state index is 14.3. The van der Waals surface area contributed by atoms with Crippen molar-refractivity contribution in [3.8, 4) is 0 Å². The molecule has 2 aliphatic carbocycles. The van der Waals surface area contributed by atoms with Crippen LogP contribution in [-0.4, -0.2) is 126 Å². The molecular weight excluding hydrogens is 743 g/mol. The molecule has 7 fully saturated rings. The van der Waals surface area contributed by atoms with E-state index >= 15 is 0 Å². The van der Waals surface area contributed by atoms with Crippen LogP contribution in [0.2, 0.25) is 0 Å². The molecule has 5 heterocycles. The Labute approximate surface area is 345 Å². The quantitative estimate of drug-likeness (QED) is 0.106. The SMILES string of the molecule is CC=C(CNCC)C(=O)O[C@H]1CC2C(O)C3C(=O)CC(CO)OC3C3C2O[C@@]1(C)[C@H](CC1CCC(N)NC1)CCC1C(N)NCCC1C3[C@H](CO)C1CCCC(O)C1. The van der Waals surface area contributed by atoms with E-state index in [0.717, 1.165) is 64.3 Å². The number of esters is 1. The number of Topliss-reactive ketones (excluding diaryl/α,β-unsaturated/α-hetero) is 1. The van der Waals surface area contributed by atoms with Crippen LogP contribution in [0.3, 0.4) is 0 Å². The molecule has 58 heavy (non-hydrogen) atoms. The number of fused-ring (bicyclic) bond motifs is 4. The maximum Gasteiger partial charge on any atom is 0.335 e. The molecule has 0 aromatic heterocycles. The first-order valence-corrected chi connectivity index (χ1v) is 22.9. The molecule has 0 spiro atoms. The third-order valence-corrected chi connectivity index (χ3v) is 16.3. The topological polar surface area (TPSA) is 231 Å². The zero-order valence-corrected chi connectivity index (χ0v) is 35.2. The lowest BCUT2D eigenvalue weighted by atomic mass is 9.51. The van der Waals surface area contributed by atoms with E-state index < -0.39 is 65.9 Å². The van der Waals surface area contributed by atoms with Gasteiger partial charge < -0.3 is 62.1 Å². The highest BCUT2D eigenvalue weighted by molar-refractivity contribution is 5.89. The fourth-order valence-corrected chi connectivity index (χ4v) is 13.2. The second-order valence-corrected chi connectivity index (χ2v) is 19.4. The Morgan fingerprint density at radius 2 is 1.84 bits per heavy atom. The second-order valence-electron chi connectivity index (χ2n) is 19.4. The van der Waals surface area contributed by atoms with E-state index in [1.54, 1.807) is 6.08 Å². The Bertz CT molecular complexity index is 1430. The molecule has 0 aromatic carbocycles. The number of nitrogens with one attached hydrogen (secondary N) is 3. The average Bonchev–Trinajstić information content (AvgIpc) is 3.20. The summed E-state index contributed by atoms with van der Waals surface area (Å²) in [5, 5.41) is 55.9. The van der Waals surface area contributed by atoms with Crippen LogP contribution in [0, 0.1) is 59.2 Å². The predicted octanol–water partition coefficient (Wildman–Crippen LogP) is 1.31. The summed E-state index contributed by atoms with van der Waals surface area (Å²) < 4.78 is 21.2. The van der Waals surface area contributed by atoms with E-state index in [-0.39, 0.29) is 73.3 Å². The van der Waals surface area contributed by atoms with Gasteiger partial charge in [-0.3, -0.25) is 4.79 Å². The van der Waals surface area contributed by atoms with Gasteiger partial charge in [-0.05, 0) is 139 Å². The van der Waals surface area contributed by atoms with Crippen molar-refractivity contribution in [3.05, 3.63) is 11.6 Å². The lowest BCUT2D eigenvalue weighted by Crippen LogP contribution is -2.71. The minimum absolute atomic E-state index is 0.00415. The van der Waals surface area contributed by atoms with E-state index in [9.17, 15) is 30.0 Å². The van der Waals surface area contributed by atoms with Gasteiger partial charge in [-0.1, -0.05) is 19.4 Å². The first-order chi connectivity index (χ1) is 27.9. The number of rotatable bonds is 11. The molecular formula is C44H75N5O9. The summed E-state index contributed by atoms with van der Waals surface area (Å²) in [5.41, 5.74) is 12.9. The molecule has 15 unspecified atom stereocenters. The lowest BCUT2D eigenvalue weighted by Gasteiger charge is -2.63. The number of aliphatic hydroxyl groups is 4. The molecule has 2 saturated carbocycles. The molecule has 11 N–H and O–H groups in total. The van der Waals surface area contributed by atoms with Crippen LogP contribution in [0.15, 0.2) is 11.6 Å². The Kier molecular flexibility index (Phi) is 14.8. The smallest absolute Gasteiger partial charge is 0.335 e. The Morgan fingerprint density at radius 1 is 1.03 bits per heavy atom. The Hall–Kier alpha value is -1.56. The van der Waals surface area contributed by atoms with Gasteiger partial charge in [0.15, 0.2) is 0 Å². The van der Waals surface area contributed by atoms with E-state index in [4.69, 9.17) is 25.7 Å². The number of nitrogens with two attached hydrogens (primary N) is 2. The third-order valence-electron chi connectivity index (χ3n) is 16.3. The standard InChI is InChI=1S/C44H75N5O9/c1-4-24(20-47-5-2)43(55)57-34-18-31-39(54)37-33(53)17-28(21-50)56-41(37)38-36(32(22-51)25-7-6-8-27(52)16-25)29-13-14-48-42(46)30(29)11-10-26(44(34,3)58-40(31)38)15-23-9-12-35(45)49-19-23/h4,23,25-32,34-42,47-52,54H,5-22,45-46H2,1-3H3/t23?,25?,26-,27?,28?,29?,30?,31?,32+,34-,35?,36?,37?,38?,39?,40?,41?,42?,44-/m0/s1. The van der Waals surface area contributed by atoms with Gasteiger partial charge in [0.05, 0.1) is 55.4 Å². The van der Waals surface area contributed by atoms with Crippen molar-refractivity contribution in [2.45, 2.75) is 152 Å². The van der Waals surface area contributed by atoms with Gasteiger partial charge in [-0.25, -0.2) is 4.79 Å². The van der Waals surface area contributed by atoms with Gasteiger partial charge >= 0.3 is 5.97 Å². The number of hydrogen-bond donors (Lipinski definition) is 9. The first kappa shape index (κ1) is 44.5. The Morgan fingerprint density at radius 3 is 2.53 bits per heavy atom. The van der Waals surface area contributed by atoms with Crippen LogP contribution in [0.5, 0.6) is 0 Å². The molecule has 14 heteroatoms. The van der Waals surface area contributed by atoms with Gasteiger partial charge in [0, 0.05) is 37.0 Å². The summed E-state index contributed by atoms with van der Waals surface area (Å²) in [6, 6.07) is 0. The number of piperidine rings is 2. The Balaban J connectivity index is 1.38. The van der Waals surface area contributed by atoms with Crippen LogP contribution in [0.25, 0.3) is 0 Å². The van der Waals surface area contributed by atoms with E-state index in [0.29, 0.717) is 44.0 Å². The van der Waals surface area contributed by atoms with Crippen molar-refractivity contribution in [1.82, 2.24) is 16.0 Å². The summed E-state index contributed by atoms with van der Waals surface area (Å²) in [6.45, 7) is 8.03. The van der Waals surface area contributed by atoms with Crippen molar-refractivity contribution in [3.63, 3.8) is 0 Å². The lowest BCUT2D eigenvalue weighted by molar-refractivity contribution is -0.309. The number of ether oxygens (including phenoxy) is 3. The van der Waals surface area contributed by atoms with Gasteiger partial charge in [-0.2, -0.15) is 0 Å². The largest absolute Gasteiger partial charge is 0.456 e. The predicted molar refractivity (Wildman–Crippen MR) is 218 cm³/mol. The number of hydrogen-bond acceptors (Lipinski definition) is 14. The normalized spacial score (nSPS) is 46.7. The van der Waals surface area contributed by atoms with Gasteiger partial charge in [0.25, 0.3) is 0 Å². The average molecular weight is 818 g/mol. The van der Waals surface area contributed by atoms with Crippen molar-refractivity contribution < 1.29 is 44.2 Å². The molecule has 7 rings (SSSR count). The van der Waals surface area contributed by atoms with Crippen LogP contribution >= 0.6 is 0 Å². The van der Waals surface area contributed by atoms with Crippen molar-refractivity contribution in [2.75, 3.05) is 39.4 Å². The molecule has 0 aromatic rings. The highest BCUT2D eigenvalue weighted by atomic mass is 16.6. The van der Waals surface area contributed by atoms with Crippen molar-refractivity contribution >= 4 is 11.8 Å². The molecule has 5 aliphatic heterocycles. The number of carbonyl (C=O) groups is 2. The van der Waals surface area contributed by atoms with E-state index in [1.165, 1.54) is 0 Å². The minimum atomic E-state index is -1.13. The second kappa shape index (κ2) is 19.2. The number of carbonyl (C=O) groups excluding carboxylic acids is 2. The summed E-state index contributed by atoms with van der Waals surface area (Å²) in [5.74, 6) is -2.60. The van der Waals surface area contributed by atoms with Crippen LogP contribution in [0.1, 0.15) is 97.8 Å². The van der Waals surface area contributed by atoms with Crippen molar-refractivity contribution in [1.29, 1.82) is 0 Å². The summed E-state index contributed by atoms with van der Waals surface area (Å²) in [4.78, 5) is 28.4. The molecule has 14 nitrogen and oxygen atoms in total. The van der Waals surface area contributed by atoms with Crippen LogP contribution in [0.4, 0.5) is 0 Å². The highest BCUT2D eigenvalue weighted by Gasteiger charge is 2.66. The van der Waals surface area contributed by atoms with E-state index in [1.807, 2.05) is 13.8 Å². The van der Waals surface area contributed by atoms with Gasteiger partial charge in [0.1, 0.15) is 17.5 Å². The maximum atomic E-state index is 14.3. The van der Waals surface area contributed by atoms with Crippen LogP contribution < -0.4 is 27.4 Å². The summed E-state index contributed by atoms with van der Waals surface area (Å²) in [7, 11) is 0. The molecule has 7 aliphatic rings. The fourth-order valence-electron chi connectivity index (χ4n) is 13.2. The number of likely N-dealkylation sites (N-methyl/N-ethyl adjacent to an activating group) is 1. The van der Waals surface area contributed by atoms with Crippen LogP contribution in [-0.2, 0) is 23.8 Å². The zero-order chi connectivity index (χ0) is 41.3. The first-order valence-electron chi connectivity index (χ1n) is 22.9. The van der Waals surface area contributed by atoms with Gasteiger partial charge in [0.2, 0.25) is 0 Å². The number of allylic oxidation sites excluding steroid dienone is 1. The monoisotopic (exact) mass is 818 g/mol. The minimum Gasteiger partial charge on any atom is -0.456 e. The zero-order valence-electron chi connectivity index (χ0n) is 35.2. The molecule has 2 bridgehead atoms. The molecule has 5 saturated heterocycles. The number of ketones is 1. The summed E-state index contributed by atoms with van der Waals surface area (Å²) >= 11 is 0. The van der Waals surface area contributed by atoms with E-state index in [2.05, 4.69) is 22.9 Å². The van der Waals surface area contributed by atoms with Gasteiger partial charge in [-0.15, -0.1) is 0 Å². The molecule has 0 radical (unpaired) electrons. The highest BCUT2D eigenvalue weighted by Crippen LogP contribution is 2.59. The summed E-state index contributed by atoms with van der Waals surface area (Å²) in [6.07, 6.45) is 5.37. The third kappa shape index (κ3) is 8.86. The fraction of sp³-hybridized carbons (Fsp3) is 0.909. The van der Waals surface area contributed by atoms with Crippen molar-refractivity contribution in [2.24, 2.45) is 70.6 Å². The number of aliphatic hydroxyl groups excluding tert-OH is 4. The molecule has 0 amide bonds. The molecule has 330 valence electrons.